The third kappa shape index (κ3) is 2.27. The van der Waals surface area contributed by atoms with E-state index in [2.05, 4.69) is 10.4 Å². The van der Waals surface area contributed by atoms with E-state index < -0.39 is 5.72 Å². The highest BCUT2D eigenvalue weighted by atomic mass is 35.5. The number of ether oxygens (including phenoxy) is 1. The average molecular weight is 178 g/mol. The normalized spacial score (nSPS) is 28.2. The molecule has 0 aromatic heterocycles. The van der Waals surface area contributed by atoms with Crippen molar-refractivity contribution in [1.82, 2.24) is 5.43 Å². The largest absolute Gasteiger partial charge is 0.357 e. The zero-order valence-corrected chi connectivity index (χ0v) is 7.10. The Bertz CT molecular complexity index is 165. The van der Waals surface area contributed by atoms with E-state index in [-0.39, 0.29) is 12.4 Å². The zero-order chi connectivity index (χ0) is 7.45. The number of nitrogens with two attached hydrogens (primary N) is 1. The molecule has 1 rings (SSSR count). The molecule has 1 aliphatic rings. The van der Waals surface area contributed by atoms with Gasteiger partial charge in [-0.15, -0.1) is 12.4 Å². The van der Waals surface area contributed by atoms with Crippen molar-refractivity contribution < 1.29 is 4.74 Å². The molecule has 1 aliphatic heterocycles. The van der Waals surface area contributed by atoms with Gasteiger partial charge in [0.1, 0.15) is 0 Å². The topological polar surface area (TPSA) is 59.6 Å². The highest BCUT2D eigenvalue weighted by Crippen LogP contribution is 2.11. The molecule has 4 nitrogen and oxygen atoms in total. The van der Waals surface area contributed by atoms with Crippen molar-refractivity contribution in [2.24, 2.45) is 10.8 Å². The molecule has 64 valence electrons. The highest BCUT2D eigenvalue weighted by molar-refractivity contribution is 5.85. The molecule has 1 unspecified atom stereocenters. The van der Waals surface area contributed by atoms with Gasteiger partial charge in [0.05, 0.1) is 6.21 Å². The highest BCUT2D eigenvalue weighted by Gasteiger charge is 2.25. The van der Waals surface area contributed by atoms with E-state index in [4.69, 9.17) is 10.6 Å². The first-order chi connectivity index (χ1) is 4.83. The predicted molar refractivity (Wildman–Crippen MR) is 46.6 cm³/mol. The van der Waals surface area contributed by atoms with E-state index in [1.54, 1.807) is 19.5 Å². The van der Waals surface area contributed by atoms with Crippen LogP contribution in [0.1, 0.15) is 6.42 Å². The molecule has 0 radical (unpaired) electrons. The van der Waals surface area contributed by atoms with Crippen LogP contribution in [0.3, 0.4) is 0 Å². The summed E-state index contributed by atoms with van der Waals surface area (Å²) in [6, 6.07) is 0. The third-order valence-electron chi connectivity index (χ3n) is 1.50. The Kier molecular flexibility index (Phi) is 4.29. The van der Waals surface area contributed by atoms with Crippen molar-refractivity contribution in [2.75, 3.05) is 7.11 Å². The quantitative estimate of drug-likeness (QED) is 0.360. The summed E-state index contributed by atoms with van der Waals surface area (Å²) in [7, 11) is 1.59. The Hall–Kier alpha value is -0.420. The van der Waals surface area contributed by atoms with Crippen LogP contribution in [0.5, 0.6) is 0 Å². The average Bonchev–Trinajstić information content (AvgIpc) is 2.06. The molecular weight excluding hydrogens is 166 g/mol. The maximum atomic E-state index is 5.25. The van der Waals surface area contributed by atoms with Gasteiger partial charge < -0.3 is 4.74 Å². The van der Waals surface area contributed by atoms with Crippen LogP contribution < -0.4 is 11.3 Å². The number of rotatable bonds is 2. The van der Waals surface area contributed by atoms with Crippen LogP contribution in [0.25, 0.3) is 0 Å². The Morgan fingerprint density at radius 3 is 2.73 bits per heavy atom. The number of nitrogens with zero attached hydrogens (tertiary/aromatic N) is 1. The van der Waals surface area contributed by atoms with E-state index in [1.165, 1.54) is 0 Å². The molecule has 1 atom stereocenters. The number of methoxy groups -OCH3 is 1. The summed E-state index contributed by atoms with van der Waals surface area (Å²) in [5.41, 5.74) is 1.96. The SMILES string of the molecule is COC1(NN)C=NC=CC1.Cl. The lowest BCUT2D eigenvalue weighted by Crippen LogP contribution is -2.52. The molecule has 11 heavy (non-hydrogen) atoms. The van der Waals surface area contributed by atoms with Crippen molar-refractivity contribution in [3.8, 4) is 0 Å². The standard InChI is InChI=1S/C6H11N3O.ClH/c1-10-6(9-7)3-2-4-8-5-6;/h2,4-5,9H,3,7H2,1H3;1H. The zero-order valence-electron chi connectivity index (χ0n) is 6.28. The number of halogens is 1. The monoisotopic (exact) mass is 177 g/mol. The molecule has 0 aromatic rings. The summed E-state index contributed by atoms with van der Waals surface area (Å²) in [5.74, 6) is 5.25. The van der Waals surface area contributed by atoms with E-state index in [0.29, 0.717) is 6.42 Å². The van der Waals surface area contributed by atoms with Crippen molar-refractivity contribution in [2.45, 2.75) is 12.1 Å². The van der Waals surface area contributed by atoms with Crippen LogP contribution in [0.2, 0.25) is 0 Å². The lowest BCUT2D eigenvalue weighted by atomic mass is 10.1. The van der Waals surface area contributed by atoms with E-state index in [0.717, 1.165) is 0 Å². The van der Waals surface area contributed by atoms with Gasteiger partial charge in [-0.25, -0.2) is 5.43 Å². The summed E-state index contributed by atoms with van der Waals surface area (Å²) in [6.45, 7) is 0. The molecular formula is C6H12ClN3O. The van der Waals surface area contributed by atoms with Gasteiger partial charge >= 0.3 is 0 Å². The van der Waals surface area contributed by atoms with Gasteiger partial charge in [-0.2, -0.15) is 0 Å². The second-order valence-corrected chi connectivity index (χ2v) is 2.11. The summed E-state index contributed by atoms with van der Waals surface area (Å²) in [4.78, 5) is 3.90. The minimum Gasteiger partial charge on any atom is -0.357 e. The van der Waals surface area contributed by atoms with Gasteiger partial charge in [-0.05, 0) is 0 Å². The number of hydrogen-bond donors (Lipinski definition) is 2. The van der Waals surface area contributed by atoms with Gasteiger partial charge in [0.25, 0.3) is 0 Å². The fraction of sp³-hybridized carbons (Fsp3) is 0.500. The van der Waals surface area contributed by atoms with E-state index >= 15 is 0 Å². The number of hydrogen-bond acceptors (Lipinski definition) is 4. The smallest absolute Gasteiger partial charge is 0.170 e. The van der Waals surface area contributed by atoms with Gasteiger partial charge in [-0.3, -0.25) is 10.8 Å². The Morgan fingerprint density at radius 1 is 1.73 bits per heavy atom. The first kappa shape index (κ1) is 10.6. The molecule has 0 aromatic carbocycles. The lowest BCUT2D eigenvalue weighted by molar-refractivity contribution is 0.0264. The summed E-state index contributed by atoms with van der Waals surface area (Å²) >= 11 is 0. The Balaban J connectivity index is 0.000001000. The van der Waals surface area contributed by atoms with Crippen molar-refractivity contribution in [3.63, 3.8) is 0 Å². The fourth-order valence-electron chi connectivity index (χ4n) is 0.796. The van der Waals surface area contributed by atoms with Gasteiger partial charge in [0.2, 0.25) is 0 Å². The fourth-order valence-corrected chi connectivity index (χ4v) is 0.796. The van der Waals surface area contributed by atoms with Gasteiger partial charge in [0, 0.05) is 19.7 Å². The molecule has 0 bridgehead atoms. The van der Waals surface area contributed by atoms with Crippen LogP contribution in [-0.4, -0.2) is 19.0 Å². The molecule has 0 saturated heterocycles. The minimum absolute atomic E-state index is 0. The Labute approximate surface area is 71.9 Å². The van der Waals surface area contributed by atoms with Crippen LogP contribution in [0.4, 0.5) is 0 Å². The second-order valence-electron chi connectivity index (χ2n) is 2.11. The molecule has 0 saturated carbocycles. The third-order valence-corrected chi connectivity index (χ3v) is 1.50. The number of hydrazine groups is 1. The maximum Gasteiger partial charge on any atom is 0.170 e. The van der Waals surface area contributed by atoms with E-state index in [1.807, 2.05) is 6.08 Å². The van der Waals surface area contributed by atoms with Crippen LogP contribution in [0.15, 0.2) is 17.3 Å². The van der Waals surface area contributed by atoms with Crippen molar-refractivity contribution >= 4 is 18.6 Å². The number of nitrogens with one attached hydrogen (secondary N) is 1. The van der Waals surface area contributed by atoms with Crippen LogP contribution in [0, 0.1) is 0 Å². The molecule has 0 fully saturated rings. The predicted octanol–water partition coefficient (Wildman–Crippen LogP) is 0.202. The maximum absolute atomic E-state index is 5.25. The van der Waals surface area contributed by atoms with Gasteiger partial charge in [0.15, 0.2) is 5.72 Å². The summed E-state index contributed by atoms with van der Waals surface area (Å²) in [6.07, 6.45) is 5.97. The first-order valence-electron chi connectivity index (χ1n) is 3.05. The van der Waals surface area contributed by atoms with Crippen LogP contribution in [-0.2, 0) is 4.74 Å². The van der Waals surface area contributed by atoms with Crippen molar-refractivity contribution in [1.29, 1.82) is 0 Å². The second kappa shape index (κ2) is 4.46. The molecule has 3 N–H and O–H groups in total. The molecule has 0 amide bonds. The minimum atomic E-state index is -0.589. The summed E-state index contributed by atoms with van der Waals surface area (Å²) < 4.78 is 5.09. The molecule has 5 heteroatoms. The Morgan fingerprint density at radius 2 is 2.45 bits per heavy atom. The summed E-state index contributed by atoms with van der Waals surface area (Å²) in [5, 5.41) is 0. The number of aliphatic imine (C=N–C) groups is 1. The van der Waals surface area contributed by atoms with Crippen LogP contribution >= 0.6 is 12.4 Å². The first-order valence-corrected chi connectivity index (χ1v) is 3.05. The van der Waals surface area contributed by atoms with E-state index in [9.17, 15) is 0 Å². The van der Waals surface area contributed by atoms with Crippen molar-refractivity contribution in [3.05, 3.63) is 12.3 Å². The van der Waals surface area contributed by atoms with Gasteiger partial charge in [-0.1, -0.05) is 6.08 Å². The molecule has 0 spiro atoms. The lowest BCUT2D eigenvalue weighted by Gasteiger charge is -2.27. The molecule has 0 aliphatic carbocycles. The molecule has 1 heterocycles.